The average Bonchev–Trinajstić information content (AvgIpc) is 3.12. The summed E-state index contributed by atoms with van der Waals surface area (Å²) < 4.78 is 10.5. The molecule has 27 heavy (non-hydrogen) atoms. The maximum atomic E-state index is 12.4. The van der Waals surface area contributed by atoms with E-state index in [1.54, 1.807) is 32.9 Å². The van der Waals surface area contributed by atoms with Gasteiger partial charge in [-0.05, 0) is 39.3 Å². The molecule has 9 heteroatoms. The van der Waals surface area contributed by atoms with Crippen molar-refractivity contribution in [1.29, 1.82) is 0 Å². The molecule has 0 spiro atoms. The summed E-state index contributed by atoms with van der Waals surface area (Å²) in [5, 5.41) is 2.97. The normalized spacial score (nSPS) is 21.8. The van der Waals surface area contributed by atoms with E-state index in [0.29, 0.717) is 11.5 Å². The zero-order valence-corrected chi connectivity index (χ0v) is 15.2. The lowest BCUT2D eigenvalue weighted by molar-refractivity contribution is -0.179. The van der Waals surface area contributed by atoms with Gasteiger partial charge in [0.1, 0.15) is 5.60 Å². The SMILES string of the molecule is CC(C)(C)OC(=O)N[C@@H]1CCO[C@@H]1C(=O)ON1C(=O)c2ccccc2C1=O. The Balaban J connectivity index is 1.65. The minimum Gasteiger partial charge on any atom is -0.444 e. The van der Waals surface area contributed by atoms with Gasteiger partial charge in [0.2, 0.25) is 0 Å². The summed E-state index contributed by atoms with van der Waals surface area (Å²) in [5.74, 6) is -2.39. The van der Waals surface area contributed by atoms with Crippen LogP contribution < -0.4 is 5.32 Å². The van der Waals surface area contributed by atoms with E-state index in [1.165, 1.54) is 12.1 Å². The molecule has 0 aliphatic carbocycles. The molecule has 1 saturated heterocycles. The second-order valence-corrected chi connectivity index (χ2v) is 7.19. The maximum Gasteiger partial charge on any atom is 0.407 e. The first-order chi connectivity index (χ1) is 12.7. The van der Waals surface area contributed by atoms with Crippen molar-refractivity contribution in [2.24, 2.45) is 0 Å². The Kier molecular flexibility index (Phi) is 4.88. The van der Waals surface area contributed by atoms with Gasteiger partial charge in [-0.15, -0.1) is 0 Å². The number of hydrogen-bond acceptors (Lipinski definition) is 7. The fraction of sp³-hybridized carbons (Fsp3) is 0.444. The van der Waals surface area contributed by atoms with Gasteiger partial charge in [0, 0.05) is 6.61 Å². The largest absolute Gasteiger partial charge is 0.444 e. The summed E-state index contributed by atoms with van der Waals surface area (Å²) in [4.78, 5) is 53.9. The second-order valence-electron chi connectivity index (χ2n) is 7.19. The van der Waals surface area contributed by atoms with Gasteiger partial charge in [0.25, 0.3) is 11.8 Å². The number of hydrogen-bond donors (Lipinski definition) is 1. The number of imide groups is 1. The molecule has 3 rings (SSSR count). The van der Waals surface area contributed by atoms with Crippen LogP contribution in [-0.2, 0) is 19.1 Å². The van der Waals surface area contributed by atoms with Crippen molar-refractivity contribution in [1.82, 2.24) is 10.4 Å². The Hall–Kier alpha value is -2.94. The average molecular weight is 376 g/mol. The number of fused-ring (bicyclic) bond motifs is 1. The Morgan fingerprint density at radius 1 is 1.15 bits per heavy atom. The van der Waals surface area contributed by atoms with Crippen LogP contribution in [0.25, 0.3) is 0 Å². The predicted octanol–water partition coefficient (Wildman–Crippen LogP) is 1.42. The number of benzene rings is 1. The van der Waals surface area contributed by atoms with Gasteiger partial charge < -0.3 is 19.6 Å². The molecule has 0 unspecified atom stereocenters. The quantitative estimate of drug-likeness (QED) is 0.794. The number of nitrogens with zero attached hydrogens (tertiary/aromatic N) is 1. The Bertz CT molecular complexity index is 764. The molecule has 3 amide bonds. The fourth-order valence-electron chi connectivity index (χ4n) is 2.82. The molecule has 2 aliphatic rings. The third-order valence-electron chi connectivity index (χ3n) is 3.96. The number of carbonyl (C=O) groups is 4. The van der Waals surface area contributed by atoms with Crippen LogP contribution in [0.15, 0.2) is 24.3 Å². The lowest BCUT2D eigenvalue weighted by atomic mass is 10.1. The highest BCUT2D eigenvalue weighted by Crippen LogP contribution is 2.24. The van der Waals surface area contributed by atoms with E-state index in [0.717, 1.165) is 0 Å². The fourth-order valence-corrected chi connectivity index (χ4v) is 2.82. The highest BCUT2D eigenvalue weighted by molar-refractivity contribution is 6.20. The minimum atomic E-state index is -1.15. The number of hydroxylamine groups is 2. The zero-order chi connectivity index (χ0) is 19.8. The van der Waals surface area contributed by atoms with Crippen LogP contribution in [0, 0.1) is 0 Å². The van der Waals surface area contributed by atoms with E-state index >= 15 is 0 Å². The highest BCUT2D eigenvalue weighted by Gasteiger charge is 2.43. The first-order valence-corrected chi connectivity index (χ1v) is 8.48. The number of amides is 3. The number of ether oxygens (including phenoxy) is 2. The van der Waals surface area contributed by atoms with Crippen LogP contribution in [-0.4, -0.2) is 53.3 Å². The first-order valence-electron chi connectivity index (χ1n) is 8.48. The molecule has 1 aromatic carbocycles. The van der Waals surface area contributed by atoms with Crippen molar-refractivity contribution in [3.05, 3.63) is 35.4 Å². The number of rotatable bonds is 3. The van der Waals surface area contributed by atoms with Crippen LogP contribution in [0.2, 0.25) is 0 Å². The van der Waals surface area contributed by atoms with Gasteiger partial charge in [-0.1, -0.05) is 17.2 Å². The molecule has 2 aliphatic heterocycles. The Morgan fingerprint density at radius 2 is 1.74 bits per heavy atom. The molecule has 9 nitrogen and oxygen atoms in total. The monoisotopic (exact) mass is 376 g/mol. The van der Waals surface area contributed by atoms with E-state index in [2.05, 4.69) is 5.32 Å². The summed E-state index contributed by atoms with van der Waals surface area (Å²) in [7, 11) is 0. The molecule has 0 aromatic heterocycles. The van der Waals surface area contributed by atoms with Crippen LogP contribution in [0.3, 0.4) is 0 Å². The van der Waals surface area contributed by atoms with Crippen molar-refractivity contribution in [2.45, 2.75) is 44.9 Å². The predicted molar refractivity (Wildman–Crippen MR) is 90.5 cm³/mol. The lowest BCUT2D eigenvalue weighted by Gasteiger charge is -2.23. The molecule has 1 N–H and O–H groups in total. The van der Waals surface area contributed by atoms with Gasteiger partial charge in [0.15, 0.2) is 6.10 Å². The molecule has 0 radical (unpaired) electrons. The summed E-state index contributed by atoms with van der Waals surface area (Å²) in [5.41, 5.74) is -0.378. The smallest absolute Gasteiger partial charge is 0.407 e. The van der Waals surface area contributed by atoms with Crippen LogP contribution in [0.5, 0.6) is 0 Å². The van der Waals surface area contributed by atoms with Crippen LogP contribution in [0.1, 0.15) is 47.9 Å². The molecule has 2 heterocycles. The molecule has 0 saturated carbocycles. The van der Waals surface area contributed by atoms with Gasteiger partial charge in [0.05, 0.1) is 17.2 Å². The van der Waals surface area contributed by atoms with Crippen LogP contribution >= 0.6 is 0 Å². The van der Waals surface area contributed by atoms with Crippen molar-refractivity contribution in [3.8, 4) is 0 Å². The Labute approximate surface area is 155 Å². The number of nitrogens with one attached hydrogen (secondary N) is 1. The molecule has 0 bridgehead atoms. The lowest BCUT2D eigenvalue weighted by Crippen LogP contribution is -2.48. The van der Waals surface area contributed by atoms with Gasteiger partial charge in [-0.2, -0.15) is 0 Å². The highest BCUT2D eigenvalue weighted by atomic mass is 16.7. The van der Waals surface area contributed by atoms with Gasteiger partial charge >= 0.3 is 12.1 Å². The van der Waals surface area contributed by atoms with E-state index in [9.17, 15) is 19.2 Å². The molecule has 1 fully saturated rings. The van der Waals surface area contributed by atoms with E-state index in [4.69, 9.17) is 14.3 Å². The number of carbonyl (C=O) groups excluding carboxylic acids is 4. The molecule has 2 atom stereocenters. The number of alkyl carbamates (subject to hydrolysis) is 1. The summed E-state index contributed by atoms with van der Waals surface area (Å²) in [6.45, 7) is 5.35. The standard InChI is InChI=1S/C18H20N2O7/c1-18(2,3)26-17(24)19-12-8-9-25-13(12)16(23)27-20-14(21)10-6-4-5-7-11(10)15(20)22/h4-7,12-13H,8-9H2,1-3H3,(H,19,24)/t12-,13+/m1/s1. The third kappa shape index (κ3) is 3.92. The molecular weight excluding hydrogens is 356 g/mol. The molecule has 1 aromatic rings. The van der Waals surface area contributed by atoms with E-state index in [1.807, 2.05) is 0 Å². The second kappa shape index (κ2) is 6.99. The van der Waals surface area contributed by atoms with Crippen molar-refractivity contribution < 1.29 is 33.5 Å². The topological polar surface area (TPSA) is 111 Å². The molecule has 144 valence electrons. The zero-order valence-electron chi connectivity index (χ0n) is 15.2. The van der Waals surface area contributed by atoms with Gasteiger partial charge in [-0.3, -0.25) is 9.59 Å². The summed E-state index contributed by atoms with van der Waals surface area (Å²) >= 11 is 0. The third-order valence-corrected chi connectivity index (χ3v) is 3.96. The first kappa shape index (κ1) is 18.8. The van der Waals surface area contributed by atoms with E-state index in [-0.39, 0.29) is 17.7 Å². The molecular formula is C18H20N2O7. The summed E-state index contributed by atoms with van der Waals surface area (Å²) in [6.07, 6.45) is -1.49. The van der Waals surface area contributed by atoms with Crippen molar-refractivity contribution >= 4 is 23.9 Å². The summed E-state index contributed by atoms with van der Waals surface area (Å²) in [6, 6.07) is 5.47. The minimum absolute atomic E-state index is 0.158. The Morgan fingerprint density at radius 3 is 2.30 bits per heavy atom. The van der Waals surface area contributed by atoms with E-state index < -0.39 is 41.6 Å². The van der Waals surface area contributed by atoms with Gasteiger partial charge in [-0.25, -0.2) is 9.59 Å². The van der Waals surface area contributed by atoms with Crippen molar-refractivity contribution in [3.63, 3.8) is 0 Å². The maximum absolute atomic E-state index is 12.4. The van der Waals surface area contributed by atoms with Crippen LogP contribution in [0.4, 0.5) is 4.79 Å². The van der Waals surface area contributed by atoms with Crippen molar-refractivity contribution in [2.75, 3.05) is 6.61 Å².